The Hall–Kier alpha value is -6.67. The summed E-state index contributed by atoms with van der Waals surface area (Å²) in [7, 11) is 0. The number of hydrogen-bond donors (Lipinski definition) is 5. The second-order valence-corrected chi connectivity index (χ2v) is 15.7. The Morgan fingerprint density at radius 2 is 1.55 bits per heavy atom. The first-order valence-electron chi connectivity index (χ1n) is 20.9. The van der Waals surface area contributed by atoms with Crippen LogP contribution in [0.1, 0.15) is 63.2 Å². The van der Waals surface area contributed by atoms with Crippen LogP contribution in [0.25, 0.3) is 10.9 Å². The van der Waals surface area contributed by atoms with Gasteiger partial charge in [-0.15, -0.1) is 0 Å². The van der Waals surface area contributed by atoms with E-state index in [1.807, 2.05) is 91.0 Å². The number of H-pyrrole nitrogens is 1. The van der Waals surface area contributed by atoms with Crippen molar-refractivity contribution in [3.05, 3.63) is 171 Å². The molecule has 5 aromatic carbocycles. The first-order valence-corrected chi connectivity index (χ1v) is 20.9. The number of aromatic hydroxyl groups is 1. The zero-order chi connectivity index (χ0) is 42.8. The number of aromatic amines is 1. The number of alkyl carbamates (subject to hydrolysis) is 1. The molecule has 3 aliphatic rings. The molecular weight excluding hydrogens is 789 g/mol. The minimum absolute atomic E-state index is 0.0570. The minimum atomic E-state index is -0.863. The summed E-state index contributed by atoms with van der Waals surface area (Å²) < 4.78 is 23.4. The third-order valence-corrected chi connectivity index (χ3v) is 11.5. The van der Waals surface area contributed by atoms with Crippen LogP contribution < -0.4 is 25.7 Å². The number of esters is 1. The molecule has 1 aromatic heterocycles. The number of aliphatic hydroxyl groups excluding tert-OH is 1. The number of carbonyl (C=O) groups is 2. The summed E-state index contributed by atoms with van der Waals surface area (Å²) in [5.74, 6) is 1.16. The largest absolute Gasteiger partial charge is 0.506 e. The van der Waals surface area contributed by atoms with Crippen molar-refractivity contribution in [3.8, 4) is 17.2 Å². The normalized spacial score (nSPS) is 17.8. The van der Waals surface area contributed by atoms with E-state index < -0.39 is 24.2 Å². The fraction of sp³-hybridized carbons (Fsp3) is 0.286. The molecule has 0 saturated carbocycles. The van der Waals surface area contributed by atoms with E-state index in [2.05, 4.69) is 20.5 Å². The molecule has 62 heavy (non-hydrogen) atoms. The van der Waals surface area contributed by atoms with Crippen LogP contribution in [0.2, 0.25) is 0 Å². The van der Waals surface area contributed by atoms with Crippen LogP contribution >= 0.6 is 0 Å². The number of carbonyl (C=O) groups excluding carboxylic acids is 2. The quantitative estimate of drug-likeness (QED) is 0.0485. The van der Waals surface area contributed by atoms with Gasteiger partial charge in [-0.05, 0) is 108 Å². The molecule has 3 atom stereocenters. The maximum atomic E-state index is 13.2. The molecular formula is C49H50N4O9. The number of phenols is 1. The molecule has 2 bridgehead atoms. The number of pyridine rings is 1. The predicted molar refractivity (Wildman–Crippen MR) is 233 cm³/mol. The van der Waals surface area contributed by atoms with E-state index in [-0.39, 0.29) is 43.8 Å². The molecule has 3 saturated heterocycles. The molecule has 2 unspecified atom stereocenters. The standard InChI is InChI=1S/C49H50N4O9/c54-42-19-17-40(41-18-20-45(56)51-47(41)42)43(55)29-50-28-32-11-15-38(16-12-32)59-25-26-60-48(57)36-13-9-33(10-14-36)31-61-39-8-4-7-37(27-39)46(35-5-2-1-3-6-35)52-49(58)62-44-30-53-23-21-34(44)22-24-53/h1-20,27,34,43-44,46,50,54-55H,21-26,28-31H2,(H,51,56)(H,52,58)/t43?,44?,46-/m0/s1. The monoisotopic (exact) mass is 838 g/mol. The molecule has 320 valence electrons. The number of benzene rings is 5. The highest BCUT2D eigenvalue weighted by molar-refractivity contribution is 5.89. The van der Waals surface area contributed by atoms with Gasteiger partial charge < -0.3 is 44.8 Å². The summed E-state index contributed by atoms with van der Waals surface area (Å²) in [5, 5.41) is 27.8. The number of nitrogens with one attached hydrogen (secondary N) is 3. The Morgan fingerprint density at radius 1 is 0.790 bits per heavy atom. The average Bonchev–Trinajstić information content (AvgIpc) is 3.30. The van der Waals surface area contributed by atoms with Gasteiger partial charge in [-0.25, -0.2) is 9.59 Å². The molecule has 13 nitrogen and oxygen atoms in total. The van der Waals surface area contributed by atoms with Crippen molar-refractivity contribution in [2.24, 2.45) is 5.92 Å². The molecule has 0 radical (unpaired) electrons. The van der Waals surface area contributed by atoms with Gasteiger partial charge in [0, 0.05) is 31.1 Å². The van der Waals surface area contributed by atoms with Crippen molar-refractivity contribution >= 4 is 23.0 Å². The van der Waals surface area contributed by atoms with E-state index in [4.69, 9.17) is 18.9 Å². The van der Waals surface area contributed by atoms with Gasteiger partial charge in [0.25, 0.3) is 0 Å². The van der Waals surface area contributed by atoms with Gasteiger partial charge >= 0.3 is 12.1 Å². The van der Waals surface area contributed by atoms with Gasteiger partial charge in [0.2, 0.25) is 5.56 Å². The smallest absolute Gasteiger partial charge is 0.408 e. The lowest BCUT2D eigenvalue weighted by Crippen LogP contribution is -2.52. The lowest BCUT2D eigenvalue weighted by atomic mass is 9.86. The molecule has 1 amide bonds. The Balaban J connectivity index is 0.762. The summed E-state index contributed by atoms with van der Waals surface area (Å²) in [6.07, 6.45) is 0.745. The Kier molecular flexibility index (Phi) is 13.4. The number of fused-ring (bicyclic) bond motifs is 4. The Morgan fingerprint density at radius 3 is 2.31 bits per heavy atom. The number of nitrogens with zero attached hydrogens (tertiary/aromatic N) is 1. The minimum Gasteiger partial charge on any atom is -0.506 e. The Bertz CT molecular complexity index is 2510. The van der Waals surface area contributed by atoms with Crippen molar-refractivity contribution in [2.75, 3.05) is 39.4 Å². The maximum Gasteiger partial charge on any atom is 0.408 e. The van der Waals surface area contributed by atoms with E-state index in [0.29, 0.717) is 46.0 Å². The van der Waals surface area contributed by atoms with Gasteiger partial charge in [0.05, 0.1) is 23.2 Å². The summed E-state index contributed by atoms with van der Waals surface area (Å²) in [5.41, 5.74) is 4.60. The van der Waals surface area contributed by atoms with Crippen LogP contribution in [0, 0.1) is 5.92 Å². The van der Waals surface area contributed by atoms with Crippen LogP contribution in [0.3, 0.4) is 0 Å². The van der Waals surface area contributed by atoms with Gasteiger partial charge in [0.1, 0.15) is 43.2 Å². The van der Waals surface area contributed by atoms with Crippen molar-refractivity contribution in [2.45, 2.75) is 44.2 Å². The average molecular weight is 839 g/mol. The van der Waals surface area contributed by atoms with Crippen molar-refractivity contribution in [1.29, 1.82) is 0 Å². The van der Waals surface area contributed by atoms with Gasteiger partial charge in [-0.1, -0.05) is 72.8 Å². The van der Waals surface area contributed by atoms with Crippen LogP contribution in [0.5, 0.6) is 17.2 Å². The highest BCUT2D eigenvalue weighted by atomic mass is 16.6. The summed E-state index contributed by atoms with van der Waals surface area (Å²) in [6, 6.07) is 37.6. The second kappa shape index (κ2) is 19.8. The topological polar surface area (TPSA) is 172 Å². The summed E-state index contributed by atoms with van der Waals surface area (Å²) in [6.45, 7) is 4.20. The lowest BCUT2D eigenvalue weighted by Gasteiger charge is -2.43. The van der Waals surface area contributed by atoms with E-state index in [0.717, 1.165) is 54.7 Å². The zero-order valence-electron chi connectivity index (χ0n) is 34.2. The number of hydrogen-bond acceptors (Lipinski definition) is 11. The van der Waals surface area contributed by atoms with Crippen molar-refractivity contribution in [3.63, 3.8) is 0 Å². The molecule has 9 rings (SSSR count). The maximum absolute atomic E-state index is 13.2. The molecule has 0 spiro atoms. The first kappa shape index (κ1) is 42.0. The zero-order valence-corrected chi connectivity index (χ0v) is 34.2. The molecule has 3 fully saturated rings. The van der Waals surface area contributed by atoms with Crippen molar-refractivity contribution < 1.29 is 38.7 Å². The number of rotatable bonds is 17. The lowest BCUT2D eigenvalue weighted by molar-refractivity contribution is -0.0336. The summed E-state index contributed by atoms with van der Waals surface area (Å²) in [4.78, 5) is 42.7. The highest BCUT2D eigenvalue weighted by Gasteiger charge is 2.37. The predicted octanol–water partition coefficient (Wildman–Crippen LogP) is 6.78. The van der Waals surface area contributed by atoms with Crippen LogP contribution in [-0.4, -0.2) is 77.7 Å². The molecule has 5 N–H and O–H groups in total. The third-order valence-electron chi connectivity index (χ3n) is 11.5. The number of aliphatic hydroxyl groups is 1. The van der Waals surface area contributed by atoms with Gasteiger partial charge in [-0.3, -0.25) is 9.69 Å². The molecule has 4 heterocycles. The van der Waals surface area contributed by atoms with E-state index >= 15 is 0 Å². The van der Waals surface area contributed by atoms with Crippen LogP contribution in [0.15, 0.2) is 132 Å². The molecule has 6 aromatic rings. The number of piperidine rings is 3. The van der Waals surface area contributed by atoms with Gasteiger partial charge in [-0.2, -0.15) is 0 Å². The molecule has 3 aliphatic heterocycles. The summed E-state index contributed by atoms with van der Waals surface area (Å²) >= 11 is 0. The molecule has 0 aliphatic carbocycles. The SMILES string of the molecule is O=C(N[C@@H](c1ccccc1)c1cccc(OCc2ccc(C(=O)OCCOc3ccc(CNCC(O)c4ccc(O)c5[nH]c(=O)ccc45)cc3)cc2)c1)OC1CN2CCC1CC2. The van der Waals surface area contributed by atoms with Crippen molar-refractivity contribution in [1.82, 2.24) is 20.5 Å². The molecule has 13 heteroatoms. The fourth-order valence-corrected chi connectivity index (χ4v) is 8.12. The van der Waals surface area contributed by atoms with Gasteiger partial charge in [0.15, 0.2) is 0 Å². The number of ether oxygens (including phenoxy) is 4. The first-order chi connectivity index (χ1) is 30.3. The van der Waals surface area contributed by atoms with E-state index in [1.165, 1.54) is 12.1 Å². The fourth-order valence-electron chi connectivity index (χ4n) is 8.12. The Labute approximate surface area is 359 Å². The van der Waals surface area contributed by atoms with E-state index in [9.17, 15) is 24.6 Å². The number of aromatic nitrogens is 1. The third kappa shape index (κ3) is 10.6. The number of amides is 1. The second-order valence-electron chi connectivity index (χ2n) is 15.7. The highest BCUT2D eigenvalue weighted by Crippen LogP contribution is 2.32. The van der Waals surface area contributed by atoms with Crippen LogP contribution in [0.4, 0.5) is 4.79 Å². The van der Waals surface area contributed by atoms with Crippen LogP contribution in [-0.2, 0) is 22.6 Å². The number of phenolic OH excluding ortho intramolecular Hbond substituents is 1. The van der Waals surface area contributed by atoms with E-state index in [1.54, 1.807) is 24.3 Å².